The van der Waals surface area contributed by atoms with Crippen molar-refractivity contribution in [2.75, 3.05) is 27.0 Å². The van der Waals surface area contributed by atoms with E-state index >= 15 is 0 Å². The lowest BCUT2D eigenvalue weighted by Gasteiger charge is -2.18. The predicted octanol–water partition coefficient (Wildman–Crippen LogP) is 3.29. The molecule has 1 unspecified atom stereocenters. The first-order valence-electron chi connectivity index (χ1n) is 7.73. The average Bonchev–Trinajstić information content (AvgIpc) is 3.02. The minimum Gasteiger partial charge on any atom is -0.496 e. The fraction of sp³-hybridized carbons (Fsp3) is 0.444. The molecular formula is C18H23NO3. The van der Waals surface area contributed by atoms with Crippen LogP contribution in [0.2, 0.25) is 0 Å². The third-order valence-corrected chi connectivity index (χ3v) is 4.13. The normalized spacial score (nSPS) is 19.0. The Labute approximate surface area is 131 Å². The quantitative estimate of drug-likeness (QED) is 0.848. The van der Waals surface area contributed by atoms with Crippen LogP contribution in [0.25, 0.3) is 10.8 Å². The molecule has 2 aromatic rings. The van der Waals surface area contributed by atoms with E-state index in [1.807, 2.05) is 30.3 Å². The van der Waals surface area contributed by atoms with Gasteiger partial charge in [-0.3, -0.25) is 4.90 Å². The number of hydrogen-bond donors (Lipinski definition) is 0. The van der Waals surface area contributed by atoms with Gasteiger partial charge in [-0.1, -0.05) is 24.3 Å². The number of methoxy groups -OCH3 is 1. The molecule has 0 amide bonds. The summed E-state index contributed by atoms with van der Waals surface area (Å²) in [6.45, 7) is 6.55. The number of rotatable bonds is 5. The van der Waals surface area contributed by atoms with Crippen molar-refractivity contribution in [3.05, 3.63) is 36.4 Å². The number of benzene rings is 2. The van der Waals surface area contributed by atoms with Crippen LogP contribution in [0.3, 0.4) is 0 Å². The molecule has 0 radical (unpaired) electrons. The van der Waals surface area contributed by atoms with E-state index in [9.17, 15) is 0 Å². The van der Waals surface area contributed by atoms with Crippen LogP contribution in [0.4, 0.5) is 0 Å². The second kappa shape index (κ2) is 6.55. The molecule has 1 heterocycles. The first-order valence-corrected chi connectivity index (χ1v) is 7.73. The van der Waals surface area contributed by atoms with Gasteiger partial charge in [0.2, 0.25) is 0 Å². The van der Waals surface area contributed by atoms with E-state index in [1.165, 1.54) is 0 Å². The molecule has 0 N–H and O–H groups in total. The highest BCUT2D eigenvalue weighted by atomic mass is 16.5. The second-order valence-corrected chi connectivity index (χ2v) is 5.91. The van der Waals surface area contributed by atoms with Crippen LogP contribution in [-0.2, 0) is 4.74 Å². The van der Waals surface area contributed by atoms with Crippen molar-refractivity contribution in [2.24, 2.45) is 0 Å². The standard InChI is InChI=1S/C18H23NO3/c1-13(2)19-10-14(22-12-19)11-21-18-9-8-17(20-3)15-6-4-5-7-16(15)18/h4-9,13-14H,10-12H2,1-3H3. The van der Waals surface area contributed by atoms with Crippen LogP contribution < -0.4 is 9.47 Å². The SMILES string of the molecule is COc1ccc(OCC2CN(C(C)C)CO2)c2ccccc12. The Kier molecular flexibility index (Phi) is 4.50. The van der Waals surface area contributed by atoms with E-state index < -0.39 is 0 Å². The van der Waals surface area contributed by atoms with E-state index in [0.717, 1.165) is 28.8 Å². The molecular weight excluding hydrogens is 278 g/mol. The summed E-state index contributed by atoms with van der Waals surface area (Å²) in [5, 5.41) is 2.14. The lowest BCUT2D eigenvalue weighted by Crippen LogP contribution is -2.30. The Morgan fingerprint density at radius 1 is 1.14 bits per heavy atom. The van der Waals surface area contributed by atoms with E-state index in [4.69, 9.17) is 14.2 Å². The van der Waals surface area contributed by atoms with E-state index in [-0.39, 0.29) is 6.10 Å². The lowest BCUT2D eigenvalue weighted by molar-refractivity contribution is 0.0554. The number of ether oxygens (including phenoxy) is 3. The molecule has 0 aromatic heterocycles. The van der Waals surface area contributed by atoms with Crippen LogP contribution in [-0.4, -0.2) is 44.0 Å². The van der Waals surface area contributed by atoms with Gasteiger partial charge in [0, 0.05) is 23.4 Å². The highest BCUT2D eigenvalue weighted by Gasteiger charge is 2.25. The molecule has 0 spiro atoms. The van der Waals surface area contributed by atoms with Gasteiger partial charge in [-0.05, 0) is 26.0 Å². The summed E-state index contributed by atoms with van der Waals surface area (Å²) in [5.74, 6) is 1.74. The molecule has 3 rings (SSSR count). The van der Waals surface area contributed by atoms with Crippen molar-refractivity contribution in [1.82, 2.24) is 4.90 Å². The Hall–Kier alpha value is -1.78. The van der Waals surface area contributed by atoms with Gasteiger partial charge < -0.3 is 14.2 Å². The summed E-state index contributed by atoms with van der Waals surface area (Å²) in [6.07, 6.45) is 0.128. The van der Waals surface area contributed by atoms with Gasteiger partial charge in [-0.2, -0.15) is 0 Å². The van der Waals surface area contributed by atoms with Crippen molar-refractivity contribution < 1.29 is 14.2 Å². The first-order chi connectivity index (χ1) is 10.7. The summed E-state index contributed by atoms with van der Waals surface area (Å²) in [7, 11) is 1.69. The number of hydrogen-bond acceptors (Lipinski definition) is 4. The van der Waals surface area contributed by atoms with Crippen molar-refractivity contribution in [3.8, 4) is 11.5 Å². The van der Waals surface area contributed by atoms with E-state index in [0.29, 0.717) is 19.4 Å². The molecule has 0 aliphatic carbocycles. The second-order valence-electron chi connectivity index (χ2n) is 5.91. The van der Waals surface area contributed by atoms with E-state index in [2.05, 4.69) is 24.8 Å². The third-order valence-electron chi connectivity index (χ3n) is 4.13. The molecule has 22 heavy (non-hydrogen) atoms. The van der Waals surface area contributed by atoms with Gasteiger partial charge in [0.25, 0.3) is 0 Å². The largest absolute Gasteiger partial charge is 0.496 e. The lowest BCUT2D eigenvalue weighted by atomic mass is 10.1. The zero-order chi connectivity index (χ0) is 15.5. The van der Waals surface area contributed by atoms with Gasteiger partial charge in [-0.15, -0.1) is 0 Å². The van der Waals surface area contributed by atoms with E-state index in [1.54, 1.807) is 7.11 Å². The Morgan fingerprint density at radius 2 is 1.82 bits per heavy atom. The van der Waals surface area contributed by atoms with Crippen LogP contribution in [0.15, 0.2) is 36.4 Å². The molecule has 1 fully saturated rings. The molecule has 118 valence electrons. The monoisotopic (exact) mass is 301 g/mol. The topological polar surface area (TPSA) is 30.9 Å². The Morgan fingerprint density at radius 3 is 2.45 bits per heavy atom. The predicted molar refractivity (Wildman–Crippen MR) is 87.6 cm³/mol. The molecule has 4 heteroatoms. The van der Waals surface area contributed by atoms with Crippen molar-refractivity contribution in [3.63, 3.8) is 0 Å². The number of fused-ring (bicyclic) bond motifs is 1. The molecule has 0 saturated carbocycles. The molecule has 1 atom stereocenters. The highest BCUT2D eigenvalue weighted by Crippen LogP contribution is 2.33. The first kappa shape index (κ1) is 15.1. The molecule has 1 aliphatic rings. The summed E-state index contributed by atoms with van der Waals surface area (Å²) < 4.78 is 17.2. The van der Waals surface area contributed by atoms with Crippen molar-refractivity contribution >= 4 is 10.8 Å². The molecule has 1 saturated heterocycles. The summed E-state index contributed by atoms with van der Waals surface area (Å²) >= 11 is 0. The highest BCUT2D eigenvalue weighted by molar-refractivity contribution is 5.93. The maximum absolute atomic E-state index is 6.02. The van der Waals surface area contributed by atoms with Gasteiger partial charge in [-0.25, -0.2) is 0 Å². The molecule has 1 aliphatic heterocycles. The molecule has 4 nitrogen and oxygen atoms in total. The van der Waals surface area contributed by atoms with Gasteiger partial charge in [0.1, 0.15) is 24.2 Å². The average molecular weight is 301 g/mol. The van der Waals surface area contributed by atoms with Crippen LogP contribution in [0, 0.1) is 0 Å². The Bertz CT molecular complexity index is 641. The van der Waals surface area contributed by atoms with Crippen LogP contribution in [0.1, 0.15) is 13.8 Å². The van der Waals surface area contributed by atoms with Crippen LogP contribution in [0.5, 0.6) is 11.5 Å². The van der Waals surface area contributed by atoms with Gasteiger partial charge in [0.05, 0.1) is 13.8 Å². The number of nitrogens with zero attached hydrogens (tertiary/aromatic N) is 1. The fourth-order valence-corrected chi connectivity index (χ4v) is 2.76. The maximum Gasteiger partial charge on any atom is 0.127 e. The fourth-order valence-electron chi connectivity index (χ4n) is 2.76. The van der Waals surface area contributed by atoms with Gasteiger partial charge >= 0.3 is 0 Å². The summed E-state index contributed by atoms with van der Waals surface area (Å²) in [6, 6.07) is 12.6. The third kappa shape index (κ3) is 3.03. The maximum atomic E-state index is 6.02. The summed E-state index contributed by atoms with van der Waals surface area (Å²) in [5.41, 5.74) is 0. The van der Waals surface area contributed by atoms with Crippen molar-refractivity contribution in [1.29, 1.82) is 0 Å². The summed E-state index contributed by atoms with van der Waals surface area (Å²) in [4.78, 5) is 2.31. The minimum absolute atomic E-state index is 0.128. The molecule has 0 bridgehead atoms. The smallest absolute Gasteiger partial charge is 0.127 e. The molecule has 2 aromatic carbocycles. The van der Waals surface area contributed by atoms with Crippen LogP contribution >= 0.6 is 0 Å². The Balaban J connectivity index is 1.72. The van der Waals surface area contributed by atoms with Crippen molar-refractivity contribution in [2.45, 2.75) is 26.0 Å². The minimum atomic E-state index is 0.128. The van der Waals surface area contributed by atoms with Gasteiger partial charge in [0.15, 0.2) is 0 Å². The zero-order valence-electron chi connectivity index (χ0n) is 13.4. The zero-order valence-corrected chi connectivity index (χ0v) is 13.4.